The Morgan fingerprint density at radius 2 is 1.76 bits per heavy atom. The Kier molecular flexibility index (Phi) is 5.33. The molecule has 0 radical (unpaired) electrons. The Morgan fingerprint density at radius 3 is 2.33 bits per heavy atom. The third-order valence-corrected chi connectivity index (χ3v) is 4.25. The average Bonchev–Trinajstić information content (AvgIpc) is 2.47. The summed E-state index contributed by atoms with van der Waals surface area (Å²) in [4.78, 5) is 14.1. The largest absolute Gasteiger partial charge is 0.337 e. The van der Waals surface area contributed by atoms with Crippen LogP contribution in [0.4, 0.5) is 4.39 Å². The standard InChI is InChI=1S/C17H17FINO/c1-3-12-4-6-13(7-5-12)11-20(2)17(21)15-9-8-14(18)10-16(15)19/h4-10H,3,11H2,1-2H3. The van der Waals surface area contributed by atoms with Gasteiger partial charge in [0.05, 0.1) is 5.56 Å². The molecule has 110 valence electrons. The van der Waals surface area contributed by atoms with E-state index in [0.29, 0.717) is 15.7 Å². The van der Waals surface area contributed by atoms with Gasteiger partial charge in [-0.2, -0.15) is 0 Å². The van der Waals surface area contributed by atoms with Crippen molar-refractivity contribution in [2.75, 3.05) is 7.05 Å². The number of carbonyl (C=O) groups is 1. The zero-order chi connectivity index (χ0) is 15.4. The molecule has 0 atom stereocenters. The highest BCUT2D eigenvalue weighted by Crippen LogP contribution is 2.17. The first-order chi connectivity index (χ1) is 10.0. The van der Waals surface area contributed by atoms with Crippen molar-refractivity contribution in [2.24, 2.45) is 0 Å². The van der Waals surface area contributed by atoms with E-state index >= 15 is 0 Å². The molecule has 0 spiro atoms. The summed E-state index contributed by atoms with van der Waals surface area (Å²) in [5.41, 5.74) is 2.89. The molecule has 0 aliphatic rings. The second-order valence-electron chi connectivity index (χ2n) is 4.96. The molecule has 0 aliphatic heterocycles. The summed E-state index contributed by atoms with van der Waals surface area (Å²) < 4.78 is 13.7. The maximum atomic E-state index is 13.1. The predicted octanol–water partition coefficient (Wildman–Crippen LogP) is 4.26. The summed E-state index contributed by atoms with van der Waals surface area (Å²) in [6.45, 7) is 2.65. The monoisotopic (exact) mass is 397 g/mol. The van der Waals surface area contributed by atoms with E-state index in [4.69, 9.17) is 0 Å². The molecular formula is C17H17FINO. The maximum Gasteiger partial charge on any atom is 0.254 e. The molecule has 2 aromatic rings. The van der Waals surface area contributed by atoms with Gasteiger partial charge < -0.3 is 4.90 Å². The number of aryl methyl sites for hydroxylation is 1. The zero-order valence-corrected chi connectivity index (χ0v) is 14.2. The minimum absolute atomic E-state index is 0.0982. The number of hydrogen-bond donors (Lipinski definition) is 0. The van der Waals surface area contributed by atoms with E-state index < -0.39 is 0 Å². The third-order valence-electron chi connectivity index (χ3n) is 3.36. The van der Waals surface area contributed by atoms with Gasteiger partial charge in [-0.15, -0.1) is 0 Å². The van der Waals surface area contributed by atoms with Crippen molar-refractivity contribution in [3.05, 3.63) is 68.5 Å². The molecule has 2 rings (SSSR count). The number of amides is 1. The highest BCUT2D eigenvalue weighted by Gasteiger charge is 2.15. The van der Waals surface area contributed by atoms with Crippen LogP contribution < -0.4 is 0 Å². The van der Waals surface area contributed by atoms with Crippen LogP contribution in [-0.4, -0.2) is 17.9 Å². The van der Waals surface area contributed by atoms with Gasteiger partial charge in [0.25, 0.3) is 5.91 Å². The molecule has 2 aromatic carbocycles. The summed E-state index contributed by atoms with van der Waals surface area (Å²) in [6.07, 6.45) is 1.00. The Bertz CT molecular complexity index is 640. The van der Waals surface area contributed by atoms with Crippen LogP contribution in [0.2, 0.25) is 0 Å². The summed E-state index contributed by atoms with van der Waals surface area (Å²) >= 11 is 1.99. The van der Waals surface area contributed by atoms with Gasteiger partial charge in [-0.3, -0.25) is 4.79 Å². The van der Waals surface area contributed by atoms with Crippen LogP contribution in [0.15, 0.2) is 42.5 Å². The van der Waals surface area contributed by atoms with E-state index in [1.54, 1.807) is 11.9 Å². The molecule has 21 heavy (non-hydrogen) atoms. The lowest BCUT2D eigenvalue weighted by molar-refractivity contribution is 0.0784. The number of rotatable bonds is 4. The first-order valence-electron chi connectivity index (χ1n) is 6.79. The van der Waals surface area contributed by atoms with Crippen molar-refractivity contribution in [1.29, 1.82) is 0 Å². The molecule has 0 saturated carbocycles. The van der Waals surface area contributed by atoms with E-state index in [-0.39, 0.29) is 11.7 Å². The fraction of sp³-hybridized carbons (Fsp3) is 0.235. The van der Waals surface area contributed by atoms with Crippen molar-refractivity contribution in [3.63, 3.8) is 0 Å². The van der Waals surface area contributed by atoms with Crippen LogP contribution in [0.5, 0.6) is 0 Å². The average molecular weight is 397 g/mol. The molecule has 0 N–H and O–H groups in total. The van der Waals surface area contributed by atoms with Crippen molar-refractivity contribution >= 4 is 28.5 Å². The molecule has 2 nitrogen and oxygen atoms in total. The van der Waals surface area contributed by atoms with Gasteiger partial charge in [0.15, 0.2) is 0 Å². The number of halogens is 2. The Morgan fingerprint density at radius 1 is 1.14 bits per heavy atom. The fourth-order valence-electron chi connectivity index (χ4n) is 2.09. The van der Waals surface area contributed by atoms with Crippen molar-refractivity contribution in [2.45, 2.75) is 19.9 Å². The minimum Gasteiger partial charge on any atom is -0.337 e. The lowest BCUT2D eigenvalue weighted by Gasteiger charge is -2.18. The molecule has 0 bridgehead atoms. The van der Waals surface area contributed by atoms with Gasteiger partial charge in [-0.25, -0.2) is 4.39 Å². The Balaban J connectivity index is 2.11. The molecular weight excluding hydrogens is 380 g/mol. The van der Waals surface area contributed by atoms with Gasteiger partial charge in [0, 0.05) is 17.2 Å². The fourth-order valence-corrected chi connectivity index (χ4v) is 2.80. The highest BCUT2D eigenvalue weighted by atomic mass is 127. The third kappa shape index (κ3) is 4.03. The molecule has 0 aromatic heterocycles. The Hall–Kier alpha value is -1.43. The molecule has 0 fully saturated rings. The van der Waals surface area contributed by atoms with Gasteiger partial charge in [0.1, 0.15) is 5.82 Å². The Labute approximate surface area is 138 Å². The van der Waals surface area contributed by atoms with E-state index in [9.17, 15) is 9.18 Å². The van der Waals surface area contributed by atoms with E-state index in [0.717, 1.165) is 12.0 Å². The molecule has 0 saturated heterocycles. The summed E-state index contributed by atoms with van der Waals surface area (Å²) in [5, 5.41) is 0. The SMILES string of the molecule is CCc1ccc(CN(C)C(=O)c2ccc(F)cc2I)cc1. The summed E-state index contributed by atoms with van der Waals surface area (Å²) in [6, 6.07) is 12.5. The van der Waals surface area contributed by atoms with Crippen LogP contribution >= 0.6 is 22.6 Å². The normalized spacial score (nSPS) is 10.5. The number of hydrogen-bond acceptors (Lipinski definition) is 1. The maximum absolute atomic E-state index is 13.1. The number of nitrogens with zero attached hydrogens (tertiary/aromatic N) is 1. The van der Waals surface area contributed by atoms with Gasteiger partial charge in [-0.1, -0.05) is 31.2 Å². The second-order valence-corrected chi connectivity index (χ2v) is 6.12. The minimum atomic E-state index is -0.325. The van der Waals surface area contributed by atoms with Gasteiger partial charge in [-0.05, 0) is 58.3 Å². The van der Waals surface area contributed by atoms with Crippen molar-refractivity contribution in [1.82, 2.24) is 4.90 Å². The quantitative estimate of drug-likeness (QED) is 0.706. The van der Waals surface area contributed by atoms with E-state index in [2.05, 4.69) is 19.1 Å². The lowest BCUT2D eigenvalue weighted by Crippen LogP contribution is -2.27. The molecule has 0 aliphatic carbocycles. The van der Waals surface area contributed by atoms with Crippen molar-refractivity contribution in [3.8, 4) is 0 Å². The first kappa shape index (κ1) is 15.9. The van der Waals surface area contributed by atoms with Crippen LogP contribution in [0.25, 0.3) is 0 Å². The lowest BCUT2D eigenvalue weighted by atomic mass is 10.1. The number of benzene rings is 2. The molecule has 0 unspecified atom stereocenters. The highest BCUT2D eigenvalue weighted by molar-refractivity contribution is 14.1. The smallest absolute Gasteiger partial charge is 0.254 e. The topological polar surface area (TPSA) is 20.3 Å². The van der Waals surface area contributed by atoms with E-state index in [1.807, 2.05) is 34.7 Å². The first-order valence-corrected chi connectivity index (χ1v) is 7.87. The van der Waals surface area contributed by atoms with Crippen LogP contribution in [-0.2, 0) is 13.0 Å². The van der Waals surface area contributed by atoms with Crippen LogP contribution in [0, 0.1) is 9.39 Å². The zero-order valence-electron chi connectivity index (χ0n) is 12.1. The van der Waals surface area contributed by atoms with Crippen LogP contribution in [0.3, 0.4) is 0 Å². The second kappa shape index (κ2) is 7.02. The number of carbonyl (C=O) groups excluding carboxylic acids is 1. The molecule has 0 heterocycles. The van der Waals surface area contributed by atoms with Gasteiger partial charge >= 0.3 is 0 Å². The van der Waals surface area contributed by atoms with Crippen molar-refractivity contribution < 1.29 is 9.18 Å². The van der Waals surface area contributed by atoms with Gasteiger partial charge in [0.2, 0.25) is 0 Å². The predicted molar refractivity (Wildman–Crippen MR) is 90.7 cm³/mol. The van der Waals surface area contributed by atoms with Crippen LogP contribution in [0.1, 0.15) is 28.4 Å². The summed E-state index contributed by atoms with van der Waals surface area (Å²) in [7, 11) is 1.76. The molecule has 1 amide bonds. The summed E-state index contributed by atoms with van der Waals surface area (Å²) in [5.74, 6) is -0.423. The molecule has 4 heteroatoms. The van der Waals surface area contributed by atoms with E-state index in [1.165, 1.54) is 23.8 Å².